The standard InChI is InChI=1S/C12H16FNO2/c1-8(2)7-16-14-12(15)10-6-9(3)4-5-11(10)13/h4-6,8H,7H2,1-3H3,(H,14,15). The lowest BCUT2D eigenvalue weighted by atomic mass is 10.1. The van der Waals surface area contributed by atoms with Crippen molar-refractivity contribution in [3.05, 3.63) is 35.1 Å². The average Bonchev–Trinajstić information content (AvgIpc) is 2.21. The summed E-state index contributed by atoms with van der Waals surface area (Å²) < 4.78 is 13.3. The second-order valence-corrected chi connectivity index (χ2v) is 4.12. The number of carbonyl (C=O) groups is 1. The lowest BCUT2D eigenvalue weighted by Crippen LogP contribution is -2.26. The van der Waals surface area contributed by atoms with Gasteiger partial charge in [-0.3, -0.25) is 9.63 Å². The Kier molecular flexibility index (Phi) is 4.43. The molecule has 0 aliphatic carbocycles. The van der Waals surface area contributed by atoms with E-state index in [1.54, 1.807) is 13.0 Å². The number of nitrogens with one attached hydrogen (secondary N) is 1. The molecule has 0 spiro atoms. The van der Waals surface area contributed by atoms with E-state index in [1.807, 2.05) is 13.8 Å². The highest BCUT2D eigenvalue weighted by Crippen LogP contribution is 2.09. The number of amides is 1. The Hall–Kier alpha value is -1.42. The molecule has 4 heteroatoms. The zero-order valence-corrected chi connectivity index (χ0v) is 9.71. The third-order valence-electron chi connectivity index (χ3n) is 1.95. The van der Waals surface area contributed by atoms with Crippen molar-refractivity contribution < 1.29 is 14.0 Å². The molecule has 0 saturated carbocycles. The maximum atomic E-state index is 13.3. The first-order valence-electron chi connectivity index (χ1n) is 5.19. The number of hydroxylamine groups is 1. The Morgan fingerprint density at radius 1 is 1.50 bits per heavy atom. The lowest BCUT2D eigenvalue weighted by molar-refractivity contribution is 0.0205. The van der Waals surface area contributed by atoms with E-state index < -0.39 is 11.7 Å². The van der Waals surface area contributed by atoms with Gasteiger partial charge in [0.15, 0.2) is 0 Å². The van der Waals surface area contributed by atoms with Crippen molar-refractivity contribution in [2.75, 3.05) is 6.61 Å². The molecule has 0 saturated heterocycles. The zero-order chi connectivity index (χ0) is 12.1. The molecule has 0 unspecified atom stereocenters. The van der Waals surface area contributed by atoms with Gasteiger partial charge in [-0.2, -0.15) is 0 Å². The van der Waals surface area contributed by atoms with Gasteiger partial charge in [-0.05, 0) is 25.0 Å². The van der Waals surface area contributed by atoms with Crippen LogP contribution in [0, 0.1) is 18.7 Å². The third-order valence-corrected chi connectivity index (χ3v) is 1.95. The maximum Gasteiger partial charge on any atom is 0.277 e. The number of rotatable bonds is 4. The molecule has 16 heavy (non-hydrogen) atoms. The van der Waals surface area contributed by atoms with Crippen molar-refractivity contribution in [2.24, 2.45) is 5.92 Å². The molecule has 0 aromatic heterocycles. The number of aryl methyl sites for hydroxylation is 1. The first kappa shape index (κ1) is 12.6. The Morgan fingerprint density at radius 3 is 2.81 bits per heavy atom. The van der Waals surface area contributed by atoms with Crippen LogP contribution < -0.4 is 5.48 Å². The summed E-state index contributed by atoms with van der Waals surface area (Å²) in [6.45, 7) is 6.11. The number of hydrogen-bond acceptors (Lipinski definition) is 2. The van der Waals surface area contributed by atoms with Gasteiger partial charge in [0.2, 0.25) is 0 Å². The van der Waals surface area contributed by atoms with Crippen LogP contribution in [0.15, 0.2) is 18.2 Å². The molecule has 0 atom stereocenters. The highest BCUT2D eigenvalue weighted by atomic mass is 19.1. The van der Waals surface area contributed by atoms with E-state index in [0.29, 0.717) is 12.5 Å². The van der Waals surface area contributed by atoms with Gasteiger partial charge in [-0.15, -0.1) is 0 Å². The summed E-state index contributed by atoms with van der Waals surface area (Å²) in [7, 11) is 0. The van der Waals surface area contributed by atoms with Gasteiger partial charge in [0.05, 0.1) is 12.2 Å². The number of hydrogen-bond donors (Lipinski definition) is 1. The van der Waals surface area contributed by atoms with E-state index >= 15 is 0 Å². The van der Waals surface area contributed by atoms with Gasteiger partial charge < -0.3 is 0 Å². The van der Waals surface area contributed by atoms with Crippen molar-refractivity contribution in [3.8, 4) is 0 Å². The van der Waals surface area contributed by atoms with Crippen molar-refractivity contribution >= 4 is 5.91 Å². The van der Waals surface area contributed by atoms with Crippen LogP contribution in [-0.4, -0.2) is 12.5 Å². The molecule has 0 aliphatic rings. The Labute approximate surface area is 94.6 Å². The third kappa shape index (κ3) is 3.62. The summed E-state index contributed by atoms with van der Waals surface area (Å²) in [5, 5.41) is 0. The van der Waals surface area contributed by atoms with Crippen LogP contribution in [0.3, 0.4) is 0 Å². The minimum Gasteiger partial charge on any atom is -0.273 e. The van der Waals surface area contributed by atoms with Crippen LogP contribution in [0.5, 0.6) is 0 Å². The normalized spacial score (nSPS) is 10.6. The molecule has 3 nitrogen and oxygen atoms in total. The van der Waals surface area contributed by atoms with E-state index in [9.17, 15) is 9.18 Å². The highest BCUT2D eigenvalue weighted by molar-refractivity contribution is 5.93. The molecule has 1 aromatic carbocycles. The molecule has 0 radical (unpaired) electrons. The molecule has 0 aliphatic heterocycles. The van der Waals surface area contributed by atoms with Gasteiger partial charge in [0.1, 0.15) is 5.82 Å². The average molecular weight is 225 g/mol. The molecule has 0 fully saturated rings. The zero-order valence-electron chi connectivity index (χ0n) is 9.71. The quantitative estimate of drug-likeness (QED) is 0.799. The topological polar surface area (TPSA) is 38.3 Å². The Morgan fingerprint density at radius 2 is 2.19 bits per heavy atom. The SMILES string of the molecule is Cc1ccc(F)c(C(=O)NOCC(C)C)c1. The second-order valence-electron chi connectivity index (χ2n) is 4.12. The fourth-order valence-electron chi connectivity index (χ4n) is 1.14. The van der Waals surface area contributed by atoms with Crippen LogP contribution in [0.25, 0.3) is 0 Å². The predicted molar refractivity (Wildman–Crippen MR) is 59.4 cm³/mol. The van der Waals surface area contributed by atoms with Crippen molar-refractivity contribution in [1.82, 2.24) is 5.48 Å². The molecule has 0 heterocycles. The lowest BCUT2D eigenvalue weighted by Gasteiger charge is -2.08. The first-order chi connectivity index (χ1) is 7.50. The fraction of sp³-hybridized carbons (Fsp3) is 0.417. The first-order valence-corrected chi connectivity index (χ1v) is 5.19. The van der Waals surface area contributed by atoms with Crippen molar-refractivity contribution in [1.29, 1.82) is 0 Å². The Balaban J connectivity index is 2.62. The molecule has 1 amide bonds. The van der Waals surface area contributed by atoms with E-state index in [4.69, 9.17) is 4.84 Å². The highest BCUT2D eigenvalue weighted by Gasteiger charge is 2.11. The van der Waals surface area contributed by atoms with Crippen molar-refractivity contribution in [2.45, 2.75) is 20.8 Å². The van der Waals surface area contributed by atoms with Crippen LogP contribution >= 0.6 is 0 Å². The minimum atomic E-state index is -0.554. The molecule has 1 aromatic rings. The molecule has 1 rings (SSSR count). The molecular weight excluding hydrogens is 209 g/mol. The van der Waals surface area contributed by atoms with E-state index in [0.717, 1.165) is 5.56 Å². The maximum absolute atomic E-state index is 13.3. The van der Waals surface area contributed by atoms with Crippen LogP contribution in [0.1, 0.15) is 29.8 Å². The molecular formula is C12H16FNO2. The van der Waals surface area contributed by atoms with E-state index in [-0.39, 0.29) is 5.56 Å². The summed E-state index contributed by atoms with van der Waals surface area (Å²) in [5.41, 5.74) is 3.05. The van der Waals surface area contributed by atoms with Gasteiger partial charge in [-0.25, -0.2) is 9.87 Å². The molecule has 0 bridgehead atoms. The van der Waals surface area contributed by atoms with Gasteiger partial charge in [0, 0.05) is 0 Å². The summed E-state index contributed by atoms with van der Waals surface area (Å²) in [6, 6.07) is 4.37. The summed E-state index contributed by atoms with van der Waals surface area (Å²) in [4.78, 5) is 16.5. The summed E-state index contributed by atoms with van der Waals surface area (Å²) in [5.74, 6) is -0.791. The van der Waals surface area contributed by atoms with Gasteiger partial charge in [-0.1, -0.05) is 25.5 Å². The number of benzene rings is 1. The molecule has 88 valence electrons. The van der Waals surface area contributed by atoms with E-state index in [1.165, 1.54) is 12.1 Å². The van der Waals surface area contributed by atoms with Crippen LogP contribution in [0.4, 0.5) is 4.39 Å². The van der Waals surface area contributed by atoms with Gasteiger partial charge >= 0.3 is 0 Å². The van der Waals surface area contributed by atoms with Crippen LogP contribution in [-0.2, 0) is 4.84 Å². The summed E-state index contributed by atoms with van der Waals surface area (Å²) in [6.07, 6.45) is 0. The van der Waals surface area contributed by atoms with Crippen LogP contribution in [0.2, 0.25) is 0 Å². The largest absolute Gasteiger partial charge is 0.277 e. The van der Waals surface area contributed by atoms with E-state index in [2.05, 4.69) is 5.48 Å². The van der Waals surface area contributed by atoms with Crippen molar-refractivity contribution in [3.63, 3.8) is 0 Å². The predicted octanol–water partition coefficient (Wildman–Crippen LogP) is 2.45. The number of halogens is 1. The van der Waals surface area contributed by atoms with Gasteiger partial charge in [0.25, 0.3) is 5.91 Å². The monoisotopic (exact) mass is 225 g/mol. The Bertz CT molecular complexity index is 377. The molecule has 1 N–H and O–H groups in total. The fourth-order valence-corrected chi connectivity index (χ4v) is 1.14. The second kappa shape index (κ2) is 5.61. The number of carbonyl (C=O) groups excluding carboxylic acids is 1. The minimum absolute atomic E-state index is 0.00348. The smallest absolute Gasteiger partial charge is 0.273 e. The summed E-state index contributed by atoms with van der Waals surface area (Å²) >= 11 is 0.